The Balaban J connectivity index is 1.50. The number of carbonyl (C=O) groups is 1. The molecule has 27 heavy (non-hydrogen) atoms. The number of aryl methyl sites for hydroxylation is 1. The van der Waals surface area contributed by atoms with Crippen LogP contribution in [-0.2, 0) is 11.3 Å². The molecular weight excluding hydrogens is 362 g/mol. The van der Waals surface area contributed by atoms with Gasteiger partial charge in [-0.05, 0) is 39.7 Å². The number of carbonyl (C=O) groups excluding carboxylic acids is 1. The smallest absolute Gasteiger partial charge is 0.228 e. The van der Waals surface area contributed by atoms with Gasteiger partial charge in [-0.1, -0.05) is 11.8 Å². The fourth-order valence-electron chi connectivity index (χ4n) is 3.78. The molecule has 0 spiro atoms. The maximum atomic E-state index is 12.8. The Labute approximate surface area is 164 Å². The van der Waals surface area contributed by atoms with Crippen molar-refractivity contribution in [3.63, 3.8) is 0 Å². The summed E-state index contributed by atoms with van der Waals surface area (Å²) in [5, 5.41) is 9.72. The molecule has 1 saturated heterocycles. The topological polar surface area (TPSA) is 65.2 Å². The molecule has 1 aliphatic carbocycles. The number of hydrogen-bond acceptors (Lipinski definition) is 6. The van der Waals surface area contributed by atoms with Gasteiger partial charge in [0.25, 0.3) is 0 Å². The van der Waals surface area contributed by atoms with Crippen molar-refractivity contribution in [1.29, 1.82) is 0 Å². The highest BCUT2D eigenvalue weighted by molar-refractivity contribution is 7.99. The van der Waals surface area contributed by atoms with Gasteiger partial charge in [-0.3, -0.25) is 9.36 Å². The number of anilines is 1. The second-order valence-electron chi connectivity index (χ2n) is 7.22. The number of thioether (sulfide) groups is 1. The van der Waals surface area contributed by atoms with Crippen molar-refractivity contribution in [2.45, 2.75) is 51.4 Å². The van der Waals surface area contributed by atoms with Gasteiger partial charge in [-0.15, -0.1) is 10.2 Å². The molecule has 0 atom stereocenters. The van der Waals surface area contributed by atoms with Crippen LogP contribution in [0, 0.1) is 13.8 Å². The second kappa shape index (κ2) is 7.67. The maximum Gasteiger partial charge on any atom is 0.228 e. The van der Waals surface area contributed by atoms with E-state index < -0.39 is 0 Å². The number of ether oxygens (including phenoxy) is 1. The zero-order chi connectivity index (χ0) is 19.0. The van der Waals surface area contributed by atoms with Crippen molar-refractivity contribution >= 4 is 23.5 Å². The third-order valence-electron chi connectivity index (χ3n) is 5.38. The van der Waals surface area contributed by atoms with E-state index in [0.717, 1.165) is 73.7 Å². The van der Waals surface area contributed by atoms with Crippen LogP contribution in [0.3, 0.4) is 0 Å². The Hall–Kier alpha value is -1.80. The average molecular weight is 390 g/mol. The second-order valence-corrected chi connectivity index (χ2v) is 8.17. The average Bonchev–Trinajstić information content (AvgIpc) is 3.36. The summed E-state index contributed by atoms with van der Waals surface area (Å²) in [5.41, 5.74) is 3.02. The largest absolute Gasteiger partial charge is 0.378 e. The highest BCUT2D eigenvalue weighted by atomic mass is 32.2. The van der Waals surface area contributed by atoms with Gasteiger partial charge in [0, 0.05) is 42.6 Å². The van der Waals surface area contributed by atoms with E-state index in [1.807, 2.05) is 13.0 Å². The summed E-state index contributed by atoms with van der Waals surface area (Å²) >= 11 is 1.51. The van der Waals surface area contributed by atoms with Gasteiger partial charge < -0.3 is 14.2 Å². The monoisotopic (exact) mass is 389 g/mol. The van der Waals surface area contributed by atoms with Crippen LogP contribution in [0.25, 0.3) is 0 Å². The van der Waals surface area contributed by atoms with Crippen LogP contribution < -0.4 is 4.90 Å². The molecule has 2 aromatic heterocycles. The number of morpholine rings is 1. The summed E-state index contributed by atoms with van der Waals surface area (Å²) in [6.07, 6.45) is 2.32. The standard InChI is InChI=1S/C19H27N5O2S/c1-4-23-13(2)11-16(14(23)3)17(25)12-27-19-21-20-18(24(19)15-5-6-15)22-7-9-26-10-8-22/h11,15H,4-10,12H2,1-3H3. The molecule has 2 aliphatic rings. The molecule has 0 aromatic carbocycles. The molecule has 0 unspecified atom stereocenters. The van der Waals surface area contributed by atoms with Gasteiger partial charge in [0.05, 0.1) is 19.0 Å². The molecule has 2 aromatic rings. The number of ketones is 1. The lowest BCUT2D eigenvalue weighted by Gasteiger charge is -2.27. The van der Waals surface area contributed by atoms with Crippen molar-refractivity contribution in [2.24, 2.45) is 0 Å². The summed E-state index contributed by atoms with van der Waals surface area (Å²) in [4.78, 5) is 15.1. The Morgan fingerprint density at radius 2 is 2.00 bits per heavy atom. The molecule has 0 N–H and O–H groups in total. The quantitative estimate of drug-likeness (QED) is 0.536. The minimum atomic E-state index is 0.158. The minimum Gasteiger partial charge on any atom is -0.378 e. The van der Waals surface area contributed by atoms with Gasteiger partial charge in [-0.25, -0.2) is 0 Å². The first-order valence-electron chi connectivity index (χ1n) is 9.70. The SMILES string of the molecule is CCn1c(C)cc(C(=O)CSc2nnc(N3CCOCC3)n2C2CC2)c1C. The molecule has 0 amide bonds. The van der Waals surface area contributed by atoms with Crippen molar-refractivity contribution in [3.05, 3.63) is 23.0 Å². The molecule has 0 radical (unpaired) electrons. The number of aromatic nitrogens is 4. The van der Waals surface area contributed by atoms with Gasteiger partial charge in [-0.2, -0.15) is 0 Å². The molecule has 3 heterocycles. The van der Waals surface area contributed by atoms with Crippen LogP contribution in [0.4, 0.5) is 5.95 Å². The molecule has 2 fully saturated rings. The lowest BCUT2D eigenvalue weighted by molar-refractivity contribution is 0.102. The van der Waals surface area contributed by atoms with E-state index in [2.05, 4.69) is 38.1 Å². The molecule has 4 rings (SSSR count). The predicted octanol–water partition coefficient (Wildman–Crippen LogP) is 2.86. The molecule has 0 bridgehead atoms. The number of nitrogens with zero attached hydrogens (tertiary/aromatic N) is 5. The van der Waals surface area contributed by atoms with E-state index in [0.29, 0.717) is 11.8 Å². The van der Waals surface area contributed by atoms with Crippen LogP contribution in [0.2, 0.25) is 0 Å². The van der Waals surface area contributed by atoms with Crippen LogP contribution in [0.15, 0.2) is 11.2 Å². The van der Waals surface area contributed by atoms with Gasteiger partial charge >= 0.3 is 0 Å². The summed E-state index contributed by atoms with van der Waals surface area (Å²) < 4.78 is 9.87. The summed E-state index contributed by atoms with van der Waals surface area (Å²) in [7, 11) is 0. The Kier molecular flexibility index (Phi) is 5.27. The van der Waals surface area contributed by atoms with Gasteiger partial charge in [0.1, 0.15) is 0 Å². The van der Waals surface area contributed by atoms with Gasteiger partial charge in [0.2, 0.25) is 5.95 Å². The third kappa shape index (κ3) is 3.65. The fourth-order valence-corrected chi connectivity index (χ4v) is 4.66. The summed E-state index contributed by atoms with van der Waals surface area (Å²) in [6.45, 7) is 10.2. The van der Waals surface area contributed by atoms with Crippen LogP contribution in [0.5, 0.6) is 0 Å². The van der Waals surface area contributed by atoms with Crippen LogP contribution in [-0.4, -0.2) is 57.2 Å². The lowest BCUT2D eigenvalue weighted by Crippen LogP contribution is -2.38. The lowest BCUT2D eigenvalue weighted by atomic mass is 10.2. The first kappa shape index (κ1) is 18.6. The molecule has 1 saturated carbocycles. The van der Waals surface area contributed by atoms with Crippen molar-refractivity contribution < 1.29 is 9.53 Å². The Morgan fingerprint density at radius 3 is 2.63 bits per heavy atom. The zero-order valence-electron chi connectivity index (χ0n) is 16.3. The van der Waals surface area contributed by atoms with E-state index in [9.17, 15) is 4.79 Å². The zero-order valence-corrected chi connectivity index (χ0v) is 17.1. The molecule has 8 heteroatoms. The maximum absolute atomic E-state index is 12.8. The van der Waals surface area contributed by atoms with E-state index in [1.54, 1.807) is 0 Å². The molecule has 1 aliphatic heterocycles. The van der Waals surface area contributed by atoms with E-state index in [4.69, 9.17) is 4.74 Å². The first-order valence-corrected chi connectivity index (χ1v) is 10.7. The highest BCUT2D eigenvalue weighted by Crippen LogP contribution is 2.41. The number of hydrogen-bond donors (Lipinski definition) is 0. The highest BCUT2D eigenvalue weighted by Gasteiger charge is 2.32. The van der Waals surface area contributed by atoms with Crippen LogP contribution in [0.1, 0.15) is 47.6 Å². The van der Waals surface area contributed by atoms with E-state index >= 15 is 0 Å². The normalized spacial score (nSPS) is 17.5. The van der Waals surface area contributed by atoms with Crippen molar-refractivity contribution in [3.8, 4) is 0 Å². The fraction of sp³-hybridized carbons (Fsp3) is 0.632. The molecule has 7 nitrogen and oxygen atoms in total. The van der Waals surface area contributed by atoms with Crippen LogP contribution >= 0.6 is 11.8 Å². The van der Waals surface area contributed by atoms with E-state index in [1.165, 1.54) is 11.8 Å². The third-order valence-corrected chi connectivity index (χ3v) is 6.32. The Morgan fingerprint density at radius 1 is 1.26 bits per heavy atom. The number of rotatable bonds is 7. The van der Waals surface area contributed by atoms with E-state index in [-0.39, 0.29) is 5.78 Å². The Bertz CT molecular complexity index is 834. The summed E-state index contributed by atoms with van der Waals surface area (Å²) in [5.74, 6) is 1.48. The first-order chi connectivity index (χ1) is 13.1. The van der Waals surface area contributed by atoms with Crippen molar-refractivity contribution in [2.75, 3.05) is 37.0 Å². The van der Waals surface area contributed by atoms with Gasteiger partial charge in [0.15, 0.2) is 10.9 Å². The number of Topliss-reactive ketones (excluding diaryl/α,β-unsaturated/α-hetero) is 1. The predicted molar refractivity (Wildman–Crippen MR) is 106 cm³/mol. The minimum absolute atomic E-state index is 0.158. The molecular formula is C19H27N5O2S. The molecule has 146 valence electrons. The summed E-state index contributed by atoms with van der Waals surface area (Å²) in [6, 6.07) is 2.48. The van der Waals surface area contributed by atoms with Crippen molar-refractivity contribution in [1.82, 2.24) is 19.3 Å².